The number of thiophene rings is 1. The summed E-state index contributed by atoms with van der Waals surface area (Å²) < 4.78 is 5.25. The number of carbonyl (C=O) groups is 3. The lowest BCUT2D eigenvalue weighted by Gasteiger charge is -2.07. The molecule has 1 aromatic carbocycles. The second-order valence-electron chi connectivity index (χ2n) is 6.10. The Labute approximate surface area is 155 Å². The maximum absolute atomic E-state index is 12.0. The van der Waals surface area contributed by atoms with E-state index in [-0.39, 0.29) is 30.1 Å². The van der Waals surface area contributed by atoms with E-state index in [4.69, 9.17) is 4.74 Å². The molecule has 1 fully saturated rings. The Morgan fingerprint density at radius 3 is 2.54 bits per heavy atom. The van der Waals surface area contributed by atoms with Crippen molar-refractivity contribution in [1.29, 1.82) is 0 Å². The van der Waals surface area contributed by atoms with Crippen molar-refractivity contribution >= 4 is 34.8 Å². The van der Waals surface area contributed by atoms with Gasteiger partial charge in [0.15, 0.2) is 0 Å². The molecule has 0 spiro atoms. The van der Waals surface area contributed by atoms with E-state index in [9.17, 15) is 14.4 Å². The van der Waals surface area contributed by atoms with Gasteiger partial charge in [-0.25, -0.2) is 0 Å². The van der Waals surface area contributed by atoms with E-state index in [0.717, 1.165) is 12.8 Å². The highest BCUT2D eigenvalue weighted by molar-refractivity contribution is 7.12. The van der Waals surface area contributed by atoms with Gasteiger partial charge in [-0.05, 0) is 55.0 Å². The average molecular weight is 372 g/mol. The zero-order valence-electron chi connectivity index (χ0n) is 14.2. The van der Waals surface area contributed by atoms with Gasteiger partial charge < -0.3 is 15.4 Å². The number of hydrogen-bond acceptors (Lipinski definition) is 5. The zero-order chi connectivity index (χ0) is 18.4. The van der Waals surface area contributed by atoms with Gasteiger partial charge >= 0.3 is 5.97 Å². The molecule has 2 amide bonds. The summed E-state index contributed by atoms with van der Waals surface area (Å²) in [7, 11) is 0. The van der Waals surface area contributed by atoms with Gasteiger partial charge in [0, 0.05) is 24.6 Å². The number of ether oxygens (including phenoxy) is 1. The molecule has 0 atom stereocenters. The second-order valence-corrected chi connectivity index (χ2v) is 7.05. The van der Waals surface area contributed by atoms with Crippen molar-refractivity contribution in [3.63, 3.8) is 0 Å². The molecule has 1 aliphatic rings. The monoisotopic (exact) mass is 372 g/mol. The maximum Gasteiger partial charge on any atom is 0.311 e. The highest BCUT2D eigenvalue weighted by Gasteiger charge is 2.29. The number of carbonyl (C=O) groups excluding carboxylic acids is 3. The minimum absolute atomic E-state index is 0.0820. The third-order valence-electron chi connectivity index (χ3n) is 3.89. The summed E-state index contributed by atoms with van der Waals surface area (Å²) in [5.74, 6) is 0.171. The first-order valence-corrected chi connectivity index (χ1v) is 9.43. The predicted molar refractivity (Wildman–Crippen MR) is 99.3 cm³/mol. The molecular weight excluding hydrogens is 352 g/mol. The molecule has 1 heterocycles. The van der Waals surface area contributed by atoms with Crippen LogP contribution in [0.5, 0.6) is 5.75 Å². The van der Waals surface area contributed by atoms with Gasteiger partial charge in [0.2, 0.25) is 5.91 Å². The highest BCUT2D eigenvalue weighted by Crippen LogP contribution is 2.28. The van der Waals surface area contributed by atoms with E-state index >= 15 is 0 Å². The summed E-state index contributed by atoms with van der Waals surface area (Å²) in [5, 5.41) is 7.44. The van der Waals surface area contributed by atoms with Crippen LogP contribution >= 0.6 is 11.3 Å². The van der Waals surface area contributed by atoms with Crippen molar-refractivity contribution in [2.45, 2.75) is 25.7 Å². The van der Waals surface area contributed by atoms with Crippen LogP contribution in [-0.4, -0.2) is 24.3 Å². The lowest BCUT2D eigenvalue weighted by Crippen LogP contribution is -2.26. The fourth-order valence-corrected chi connectivity index (χ4v) is 2.94. The Balaban J connectivity index is 1.38. The van der Waals surface area contributed by atoms with Gasteiger partial charge in [-0.1, -0.05) is 6.07 Å². The number of anilines is 1. The summed E-state index contributed by atoms with van der Waals surface area (Å²) in [6.45, 7) is 0.484. The molecule has 1 aliphatic carbocycles. The quantitative estimate of drug-likeness (QED) is 0.423. The van der Waals surface area contributed by atoms with Crippen LogP contribution in [0.25, 0.3) is 0 Å². The minimum Gasteiger partial charge on any atom is -0.427 e. The van der Waals surface area contributed by atoms with Crippen LogP contribution in [0.3, 0.4) is 0 Å². The topological polar surface area (TPSA) is 84.5 Å². The Bertz CT molecular complexity index is 767. The molecule has 1 aromatic heterocycles. The molecule has 0 bridgehead atoms. The maximum atomic E-state index is 12.0. The molecule has 0 unspecified atom stereocenters. The summed E-state index contributed by atoms with van der Waals surface area (Å²) in [4.78, 5) is 35.9. The van der Waals surface area contributed by atoms with E-state index in [0.29, 0.717) is 29.3 Å². The average Bonchev–Trinajstić information content (AvgIpc) is 3.34. The fraction of sp³-hybridized carbons (Fsp3) is 0.316. The van der Waals surface area contributed by atoms with Crippen LogP contribution in [0.1, 0.15) is 35.4 Å². The first kappa shape index (κ1) is 18.1. The Hall–Kier alpha value is -2.67. The smallest absolute Gasteiger partial charge is 0.311 e. The summed E-state index contributed by atoms with van der Waals surface area (Å²) in [6, 6.07) is 10.2. The van der Waals surface area contributed by atoms with Crippen LogP contribution in [-0.2, 0) is 9.59 Å². The van der Waals surface area contributed by atoms with Crippen molar-refractivity contribution < 1.29 is 19.1 Å². The van der Waals surface area contributed by atoms with Crippen molar-refractivity contribution in [2.75, 3.05) is 11.9 Å². The lowest BCUT2D eigenvalue weighted by atomic mass is 10.2. The van der Waals surface area contributed by atoms with Crippen LogP contribution < -0.4 is 15.4 Å². The molecule has 3 rings (SSSR count). The van der Waals surface area contributed by atoms with E-state index in [1.165, 1.54) is 11.3 Å². The summed E-state index contributed by atoms with van der Waals surface area (Å²) in [6.07, 6.45) is 2.73. The molecule has 0 aliphatic heterocycles. The van der Waals surface area contributed by atoms with E-state index in [1.54, 1.807) is 30.3 Å². The molecule has 26 heavy (non-hydrogen) atoms. The first-order chi connectivity index (χ1) is 12.6. The van der Waals surface area contributed by atoms with Crippen LogP contribution in [0, 0.1) is 5.92 Å². The predicted octanol–water partition coefficient (Wildman–Crippen LogP) is 3.21. The molecule has 0 saturated heterocycles. The zero-order valence-corrected chi connectivity index (χ0v) is 15.0. The molecule has 136 valence electrons. The van der Waals surface area contributed by atoms with Crippen molar-refractivity contribution in [3.8, 4) is 5.75 Å². The molecule has 2 aromatic rings. The molecule has 0 radical (unpaired) electrons. The van der Waals surface area contributed by atoms with Crippen molar-refractivity contribution in [2.24, 2.45) is 5.92 Å². The molecule has 2 N–H and O–H groups in total. The number of amides is 2. The number of benzene rings is 1. The van der Waals surface area contributed by atoms with Crippen LogP contribution in [0.4, 0.5) is 5.69 Å². The van der Waals surface area contributed by atoms with Gasteiger partial charge in [-0.15, -0.1) is 11.3 Å². The van der Waals surface area contributed by atoms with Gasteiger partial charge in [0.25, 0.3) is 5.91 Å². The van der Waals surface area contributed by atoms with Gasteiger partial charge in [0.05, 0.1) is 4.88 Å². The molecular formula is C19H20N2O4S. The number of nitrogens with one attached hydrogen (secondary N) is 2. The van der Waals surface area contributed by atoms with Crippen molar-refractivity contribution in [1.82, 2.24) is 5.32 Å². The second kappa shape index (κ2) is 8.62. The van der Waals surface area contributed by atoms with E-state index in [1.807, 2.05) is 11.4 Å². The third-order valence-corrected chi connectivity index (χ3v) is 4.76. The summed E-state index contributed by atoms with van der Waals surface area (Å²) in [5.41, 5.74) is 0.631. The van der Waals surface area contributed by atoms with Crippen LogP contribution in [0.2, 0.25) is 0 Å². The summed E-state index contributed by atoms with van der Waals surface area (Å²) >= 11 is 1.37. The Morgan fingerprint density at radius 2 is 1.88 bits per heavy atom. The Morgan fingerprint density at radius 1 is 1.12 bits per heavy atom. The Kier molecular flexibility index (Phi) is 6.01. The van der Waals surface area contributed by atoms with E-state index in [2.05, 4.69) is 10.6 Å². The number of esters is 1. The largest absolute Gasteiger partial charge is 0.427 e. The van der Waals surface area contributed by atoms with Gasteiger partial charge in [-0.2, -0.15) is 0 Å². The van der Waals surface area contributed by atoms with Gasteiger partial charge in [0.1, 0.15) is 5.75 Å². The number of rotatable bonds is 8. The first-order valence-electron chi connectivity index (χ1n) is 8.55. The standard InChI is InChI=1S/C19H20N2O4S/c22-17(4-1-11-20-18(23)13-5-6-13)25-15-9-7-14(8-10-15)21-19(24)16-3-2-12-26-16/h2-3,7-10,12-13H,1,4-6,11H2,(H,20,23)(H,21,24). The SMILES string of the molecule is O=C(CCCNC(=O)C1CC1)Oc1ccc(NC(=O)c2cccs2)cc1. The highest BCUT2D eigenvalue weighted by atomic mass is 32.1. The normalized spacial score (nSPS) is 13.1. The fourth-order valence-electron chi connectivity index (χ4n) is 2.32. The van der Waals surface area contributed by atoms with E-state index < -0.39 is 0 Å². The molecule has 7 heteroatoms. The minimum atomic E-state index is -0.346. The lowest BCUT2D eigenvalue weighted by molar-refractivity contribution is -0.134. The van der Waals surface area contributed by atoms with Crippen LogP contribution in [0.15, 0.2) is 41.8 Å². The third kappa shape index (κ3) is 5.42. The van der Waals surface area contributed by atoms with Crippen molar-refractivity contribution in [3.05, 3.63) is 46.7 Å². The molecule has 6 nitrogen and oxygen atoms in total. The molecule has 1 saturated carbocycles. The van der Waals surface area contributed by atoms with Gasteiger partial charge in [-0.3, -0.25) is 14.4 Å². The number of hydrogen-bond donors (Lipinski definition) is 2.